The second kappa shape index (κ2) is 5.99. The zero-order valence-corrected chi connectivity index (χ0v) is 14.4. The number of H-pyrrole nitrogens is 1. The normalized spacial score (nSPS) is 22.6. The highest BCUT2D eigenvalue weighted by molar-refractivity contribution is 8.00. The first kappa shape index (κ1) is 16.3. The van der Waals surface area contributed by atoms with Gasteiger partial charge in [0.05, 0.1) is 0 Å². The summed E-state index contributed by atoms with van der Waals surface area (Å²) in [4.78, 5) is 6.12. The fourth-order valence-electron chi connectivity index (χ4n) is 3.92. The average molecular weight is 354 g/mol. The number of rotatable bonds is 4. The van der Waals surface area contributed by atoms with Crippen molar-refractivity contribution in [3.8, 4) is 0 Å². The Balaban J connectivity index is 1.80. The molecule has 1 aromatic carbocycles. The Bertz CT molecular complexity index is 749. The van der Waals surface area contributed by atoms with Crippen LogP contribution in [0.3, 0.4) is 0 Å². The highest BCUT2D eigenvalue weighted by Crippen LogP contribution is 2.47. The number of aromatic nitrogens is 1. The number of nitrogens with one attached hydrogen (secondary N) is 1. The summed E-state index contributed by atoms with van der Waals surface area (Å²) in [6.45, 7) is 1.08. The van der Waals surface area contributed by atoms with Gasteiger partial charge in [-0.1, -0.05) is 6.07 Å². The quantitative estimate of drug-likeness (QED) is 0.752. The largest absolute Gasteiger partial charge is 0.446 e. The lowest BCUT2D eigenvalue weighted by atomic mass is 9.99. The molecule has 2 nitrogen and oxygen atoms in total. The number of hydrogen-bond donors (Lipinski definition) is 1. The van der Waals surface area contributed by atoms with Crippen molar-refractivity contribution in [1.29, 1.82) is 0 Å². The highest BCUT2D eigenvalue weighted by Gasteiger charge is 2.34. The molecule has 1 aliphatic carbocycles. The first-order chi connectivity index (χ1) is 11.4. The molecule has 4 rings (SSSR count). The Labute approximate surface area is 143 Å². The number of halogens is 3. The van der Waals surface area contributed by atoms with E-state index in [0.717, 1.165) is 48.7 Å². The molecule has 6 heteroatoms. The predicted molar refractivity (Wildman–Crippen MR) is 91.5 cm³/mol. The molecular formula is C18H21F3N2S. The summed E-state index contributed by atoms with van der Waals surface area (Å²) >= 11 is 0.0150. The number of hydrogen-bond acceptors (Lipinski definition) is 2. The van der Waals surface area contributed by atoms with Crippen LogP contribution in [0.5, 0.6) is 0 Å². The molecule has 2 aliphatic rings. The van der Waals surface area contributed by atoms with Crippen molar-refractivity contribution in [2.24, 2.45) is 0 Å². The summed E-state index contributed by atoms with van der Waals surface area (Å²) in [5.74, 6) is 0.503. The van der Waals surface area contributed by atoms with Gasteiger partial charge >= 0.3 is 5.51 Å². The van der Waals surface area contributed by atoms with Gasteiger partial charge in [-0.25, -0.2) is 0 Å². The van der Waals surface area contributed by atoms with Crippen LogP contribution in [-0.4, -0.2) is 35.0 Å². The number of fused-ring (bicyclic) bond motifs is 1. The molecule has 1 atom stereocenters. The van der Waals surface area contributed by atoms with E-state index in [1.165, 1.54) is 12.1 Å². The van der Waals surface area contributed by atoms with Crippen LogP contribution in [0.2, 0.25) is 0 Å². The average Bonchev–Trinajstić information content (AvgIpc) is 3.17. The number of nitrogens with zero attached hydrogens (tertiary/aromatic N) is 1. The molecule has 0 radical (unpaired) electrons. The van der Waals surface area contributed by atoms with Crippen LogP contribution in [-0.2, 0) is 6.42 Å². The van der Waals surface area contributed by atoms with E-state index in [1.54, 1.807) is 12.1 Å². The predicted octanol–water partition coefficient (Wildman–Crippen LogP) is 5.29. The molecule has 1 aromatic heterocycles. The van der Waals surface area contributed by atoms with E-state index in [0.29, 0.717) is 16.9 Å². The van der Waals surface area contributed by atoms with Crippen LogP contribution < -0.4 is 0 Å². The number of likely N-dealkylation sites (N-methyl/N-ethyl adjacent to an activating group) is 1. The van der Waals surface area contributed by atoms with E-state index in [4.69, 9.17) is 0 Å². The molecule has 24 heavy (non-hydrogen) atoms. The van der Waals surface area contributed by atoms with Crippen molar-refractivity contribution in [2.45, 2.75) is 54.5 Å². The molecule has 130 valence electrons. The van der Waals surface area contributed by atoms with Crippen LogP contribution in [0.25, 0.3) is 10.9 Å². The van der Waals surface area contributed by atoms with Crippen molar-refractivity contribution in [1.82, 2.24) is 9.88 Å². The Morgan fingerprint density at radius 2 is 2.04 bits per heavy atom. The van der Waals surface area contributed by atoms with Crippen molar-refractivity contribution in [2.75, 3.05) is 13.6 Å². The molecule has 1 saturated heterocycles. The number of thioether (sulfide) groups is 1. The third kappa shape index (κ3) is 3.18. The monoisotopic (exact) mass is 354 g/mol. The van der Waals surface area contributed by atoms with Gasteiger partial charge in [0, 0.05) is 27.5 Å². The van der Waals surface area contributed by atoms with E-state index < -0.39 is 5.51 Å². The summed E-state index contributed by atoms with van der Waals surface area (Å²) in [6.07, 6.45) is 5.43. The molecule has 0 bridgehead atoms. The Morgan fingerprint density at radius 1 is 1.25 bits per heavy atom. The van der Waals surface area contributed by atoms with Gasteiger partial charge in [0.25, 0.3) is 0 Å². The number of aromatic amines is 1. The second-order valence-electron chi connectivity index (χ2n) is 7.00. The van der Waals surface area contributed by atoms with Crippen LogP contribution in [0.4, 0.5) is 13.2 Å². The van der Waals surface area contributed by atoms with Crippen molar-refractivity contribution >= 4 is 22.7 Å². The number of benzene rings is 1. The second-order valence-corrected chi connectivity index (χ2v) is 8.11. The zero-order valence-electron chi connectivity index (χ0n) is 13.6. The maximum atomic E-state index is 13.0. The standard InChI is InChI=1S/C18H21F3N2S/c1-23-9-3-4-12(23)10-13-16-14(22-17(13)11-7-8-11)5-2-6-15(16)24-18(19,20)21/h2,5-6,11-12,22H,3-4,7-10H2,1H3/t12-/m1/s1. The van der Waals surface area contributed by atoms with E-state index in [9.17, 15) is 13.2 Å². The van der Waals surface area contributed by atoms with E-state index in [2.05, 4.69) is 16.9 Å². The van der Waals surface area contributed by atoms with E-state index in [1.807, 2.05) is 6.07 Å². The van der Waals surface area contributed by atoms with Gasteiger partial charge in [0.15, 0.2) is 0 Å². The summed E-state index contributed by atoms with van der Waals surface area (Å²) in [7, 11) is 2.12. The smallest absolute Gasteiger partial charge is 0.358 e. The van der Waals surface area contributed by atoms with Gasteiger partial charge < -0.3 is 9.88 Å². The Hall–Kier alpha value is -1.14. The lowest BCUT2D eigenvalue weighted by Crippen LogP contribution is -2.27. The molecule has 2 aromatic rings. The Morgan fingerprint density at radius 3 is 2.67 bits per heavy atom. The molecular weight excluding hydrogens is 333 g/mol. The minimum absolute atomic E-state index is 0.0150. The maximum absolute atomic E-state index is 13.0. The number of likely N-dealkylation sites (tertiary alicyclic amines) is 1. The van der Waals surface area contributed by atoms with Gasteiger partial charge in [-0.05, 0) is 81.1 Å². The molecule has 2 heterocycles. The molecule has 0 spiro atoms. The SMILES string of the molecule is CN1CCC[C@@H]1Cc1c(C2CC2)[nH]c2cccc(SC(F)(F)F)c12. The summed E-state index contributed by atoms with van der Waals surface area (Å²) in [5, 5.41) is 0.794. The maximum Gasteiger partial charge on any atom is 0.446 e. The van der Waals surface area contributed by atoms with Gasteiger partial charge in [0.1, 0.15) is 0 Å². The third-order valence-corrected chi connectivity index (χ3v) is 6.04. The summed E-state index contributed by atoms with van der Waals surface area (Å²) in [6, 6.07) is 5.66. The summed E-state index contributed by atoms with van der Waals surface area (Å²) < 4.78 is 39.0. The van der Waals surface area contributed by atoms with E-state index in [-0.39, 0.29) is 11.8 Å². The minimum Gasteiger partial charge on any atom is -0.358 e. The molecule has 2 fully saturated rings. The van der Waals surface area contributed by atoms with Gasteiger partial charge in [-0.2, -0.15) is 13.2 Å². The van der Waals surface area contributed by atoms with Crippen LogP contribution in [0.15, 0.2) is 23.1 Å². The molecule has 1 saturated carbocycles. The fraction of sp³-hybridized carbons (Fsp3) is 0.556. The van der Waals surface area contributed by atoms with Crippen molar-refractivity contribution < 1.29 is 13.2 Å². The number of alkyl halides is 3. The van der Waals surface area contributed by atoms with Gasteiger partial charge in [-0.15, -0.1) is 0 Å². The van der Waals surface area contributed by atoms with Crippen LogP contribution in [0, 0.1) is 0 Å². The summed E-state index contributed by atoms with van der Waals surface area (Å²) in [5.41, 5.74) is -1.10. The molecule has 0 unspecified atom stereocenters. The van der Waals surface area contributed by atoms with Crippen LogP contribution >= 0.6 is 11.8 Å². The van der Waals surface area contributed by atoms with E-state index >= 15 is 0 Å². The molecule has 0 amide bonds. The molecule has 1 aliphatic heterocycles. The van der Waals surface area contributed by atoms with Gasteiger partial charge in [-0.3, -0.25) is 0 Å². The first-order valence-corrected chi connectivity index (χ1v) is 9.33. The van der Waals surface area contributed by atoms with Crippen LogP contribution in [0.1, 0.15) is 42.9 Å². The van der Waals surface area contributed by atoms with Gasteiger partial charge in [0.2, 0.25) is 0 Å². The topological polar surface area (TPSA) is 19.0 Å². The zero-order chi connectivity index (χ0) is 16.9. The lowest BCUT2D eigenvalue weighted by Gasteiger charge is -2.20. The minimum atomic E-state index is -4.26. The lowest BCUT2D eigenvalue weighted by molar-refractivity contribution is -0.0327. The van der Waals surface area contributed by atoms with Crippen molar-refractivity contribution in [3.05, 3.63) is 29.5 Å². The first-order valence-electron chi connectivity index (χ1n) is 8.52. The Kier molecular flexibility index (Phi) is 4.07. The van der Waals surface area contributed by atoms with Crippen molar-refractivity contribution in [3.63, 3.8) is 0 Å². The molecule has 1 N–H and O–H groups in total. The highest BCUT2D eigenvalue weighted by atomic mass is 32.2. The third-order valence-electron chi connectivity index (χ3n) is 5.25. The fourth-order valence-corrected chi connectivity index (χ4v) is 4.65.